The van der Waals surface area contributed by atoms with Gasteiger partial charge in [-0.3, -0.25) is 9.78 Å². The number of aromatic nitrogens is 1. The van der Waals surface area contributed by atoms with Gasteiger partial charge in [0.1, 0.15) is 17.2 Å². The van der Waals surface area contributed by atoms with E-state index in [0.717, 1.165) is 12.0 Å². The van der Waals surface area contributed by atoms with Gasteiger partial charge in [0.2, 0.25) is 0 Å². The van der Waals surface area contributed by atoms with Crippen molar-refractivity contribution in [2.24, 2.45) is 0 Å². The third-order valence-electron chi connectivity index (χ3n) is 5.17. The molecular weight excluding hydrogens is 406 g/mol. The highest BCUT2D eigenvalue weighted by atomic mass is 16.5. The van der Waals surface area contributed by atoms with Crippen LogP contribution in [-0.2, 0) is 13.0 Å². The molecule has 0 unspecified atom stereocenters. The van der Waals surface area contributed by atoms with Crippen LogP contribution in [0.4, 0.5) is 10.5 Å². The molecule has 2 aromatic carbocycles. The predicted molar refractivity (Wildman–Crippen MR) is 118 cm³/mol. The zero-order valence-corrected chi connectivity index (χ0v) is 17.5. The summed E-state index contributed by atoms with van der Waals surface area (Å²) < 4.78 is 5.93. The minimum Gasteiger partial charge on any atom is -0.457 e. The van der Waals surface area contributed by atoms with E-state index in [0.29, 0.717) is 35.8 Å². The lowest BCUT2D eigenvalue weighted by atomic mass is 10.00. The van der Waals surface area contributed by atoms with Crippen molar-refractivity contribution < 1.29 is 14.3 Å². The molecule has 0 spiro atoms. The van der Waals surface area contributed by atoms with E-state index in [1.165, 1.54) is 11.8 Å². The molecular formula is C24H21N5O3. The summed E-state index contributed by atoms with van der Waals surface area (Å²) in [5.74, 6) is 0.835. The number of hydrogen-bond acceptors (Lipinski definition) is 5. The number of urea groups is 1. The molecule has 3 amide bonds. The number of nitrogens with zero attached hydrogens (tertiary/aromatic N) is 3. The lowest BCUT2D eigenvalue weighted by Gasteiger charge is -2.29. The maximum Gasteiger partial charge on any atom is 0.322 e. The van der Waals surface area contributed by atoms with Gasteiger partial charge in [0.15, 0.2) is 0 Å². The van der Waals surface area contributed by atoms with Crippen molar-refractivity contribution in [2.45, 2.75) is 13.0 Å². The van der Waals surface area contributed by atoms with E-state index in [9.17, 15) is 9.59 Å². The summed E-state index contributed by atoms with van der Waals surface area (Å²) in [5, 5.41) is 14.3. The maximum absolute atomic E-state index is 12.7. The molecule has 32 heavy (non-hydrogen) atoms. The molecule has 0 radical (unpaired) electrons. The number of rotatable bonds is 4. The van der Waals surface area contributed by atoms with Crippen molar-refractivity contribution in [3.63, 3.8) is 0 Å². The second-order valence-corrected chi connectivity index (χ2v) is 7.28. The second kappa shape index (κ2) is 9.18. The average Bonchev–Trinajstić information content (AvgIpc) is 2.83. The molecule has 1 aliphatic rings. The largest absolute Gasteiger partial charge is 0.457 e. The van der Waals surface area contributed by atoms with Crippen molar-refractivity contribution in [1.29, 1.82) is 5.26 Å². The van der Waals surface area contributed by atoms with Gasteiger partial charge in [-0.1, -0.05) is 6.07 Å². The molecule has 1 aliphatic heterocycles. The van der Waals surface area contributed by atoms with Gasteiger partial charge in [-0.05, 0) is 60.0 Å². The number of ether oxygens (including phenoxy) is 1. The molecule has 0 saturated heterocycles. The molecule has 0 fully saturated rings. The minimum atomic E-state index is -0.287. The fourth-order valence-corrected chi connectivity index (χ4v) is 3.46. The quantitative estimate of drug-likeness (QED) is 0.660. The minimum absolute atomic E-state index is 0.198. The summed E-state index contributed by atoms with van der Waals surface area (Å²) in [5.41, 5.74) is 3.62. The van der Waals surface area contributed by atoms with E-state index in [-0.39, 0.29) is 17.6 Å². The Morgan fingerprint density at radius 2 is 1.84 bits per heavy atom. The molecule has 0 aliphatic carbocycles. The van der Waals surface area contributed by atoms with E-state index in [1.807, 2.05) is 18.2 Å². The highest BCUT2D eigenvalue weighted by Crippen LogP contribution is 2.28. The second-order valence-electron chi connectivity index (χ2n) is 7.28. The number of hydrogen-bond donors (Lipinski definition) is 2. The van der Waals surface area contributed by atoms with Gasteiger partial charge in [0, 0.05) is 38.1 Å². The van der Waals surface area contributed by atoms with Crippen LogP contribution in [0, 0.1) is 11.3 Å². The molecule has 2 heterocycles. The van der Waals surface area contributed by atoms with Crippen LogP contribution < -0.4 is 15.4 Å². The number of amides is 3. The molecule has 0 atom stereocenters. The number of nitriles is 1. The third-order valence-corrected chi connectivity index (χ3v) is 5.17. The first-order valence-corrected chi connectivity index (χ1v) is 10.1. The smallest absolute Gasteiger partial charge is 0.322 e. The Bertz CT molecular complexity index is 1200. The number of carbonyl (C=O) groups excluding carboxylic acids is 2. The molecule has 8 heteroatoms. The van der Waals surface area contributed by atoms with Gasteiger partial charge >= 0.3 is 6.03 Å². The van der Waals surface area contributed by atoms with Gasteiger partial charge in [0.05, 0.1) is 11.6 Å². The van der Waals surface area contributed by atoms with Crippen molar-refractivity contribution >= 4 is 17.6 Å². The summed E-state index contributed by atoms with van der Waals surface area (Å²) >= 11 is 0. The molecule has 1 aromatic heterocycles. The summed E-state index contributed by atoms with van der Waals surface area (Å²) in [6, 6.07) is 17.7. The van der Waals surface area contributed by atoms with E-state index in [1.54, 1.807) is 48.3 Å². The van der Waals surface area contributed by atoms with Crippen molar-refractivity contribution in [2.75, 3.05) is 18.9 Å². The molecule has 0 bridgehead atoms. The third kappa shape index (κ3) is 4.68. The fourth-order valence-electron chi connectivity index (χ4n) is 3.46. The lowest BCUT2D eigenvalue weighted by Crippen LogP contribution is -2.38. The van der Waals surface area contributed by atoms with Crippen LogP contribution >= 0.6 is 0 Å². The zero-order chi connectivity index (χ0) is 22.5. The highest BCUT2D eigenvalue weighted by molar-refractivity contribution is 5.92. The van der Waals surface area contributed by atoms with Crippen molar-refractivity contribution in [3.05, 3.63) is 83.2 Å². The monoisotopic (exact) mass is 427 g/mol. The summed E-state index contributed by atoms with van der Waals surface area (Å²) in [6.07, 6.45) is 2.26. The standard InChI is InChI=1S/C24H21N5O3/c1-26-23(30)22-13-21(8-10-27-22)32-20-7-4-17-9-11-29(15-18(17)12-20)24(31)28-19-5-2-16(14-25)3-6-19/h2-8,10,12-13H,9,11,15H2,1H3,(H,26,30)(H,28,31). The fraction of sp³-hybridized carbons (Fsp3) is 0.167. The Morgan fingerprint density at radius 3 is 2.59 bits per heavy atom. The zero-order valence-electron chi connectivity index (χ0n) is 17.5. The van der Waals surface area contributed by atoms with E-state index < -0.39 is 0 Å². The van der Waals surface area contributed by atoms with Crippen LogP contribution in [0.3, 0.4) is 0 Å². The van der Waals surface area contributed by atoms with Gasteiger partial charge in [-0.2, -0.15) is 5.26 Å². The number of benzene rings is 2. The normalized spacial score (nSPS) is 12.3. The van der Waals surface area contributed by atoms with Crippen LogP contribution in [0.15, 0.2) is 60.8 Å². The van der Waals surface area contributed by atoms with Crippen LogP contribution in [0.5, 0.6) is 11.5 Å². The molecule has 8 nitrogen and oxygen atoms in total. The Morgan fingerprint density at radius 1 is 1.06 bits per heavy atom. The number of fused-ring (bicyclic) bond motifs is 1. The SMILES string of the molecule is CNC(=O)c1cc(Oc2ccc3c(c2)CN(C(=O)Nc2ccc(C#N)cc2)CC3)ccn1. The number of anilines is 1. The van der Waals surface area contributed by atoms with Gasteiger partial charge < -0.3 is 20.3 Å². The Kier molecular flexibility index (Phi) is 5.99. The molecule has 4 rings (SSSR count). The molecule has 0 saturated carbocycles. The maximum atomic E-state index is 12.7. The van der Waals surface area contributed by atoms with Crippen molar-refractivity contribution in [1.82, 2.24) is 15.2 Å². The molecule has 2 N–H and O–H groups in total. The average molecular weight is 427 g/mol. The topological polar surface area (TPSA) is 107 Å². The lowest BCUT2D eigenvalue weighted by molar-refractivity contribution is 0.0958. The number of pyridine rings is 1. The Hall–Kier alpha value is -4.38. The predicted octanol–water partition coefficient (Wildman–Crippen LogP) is 3.70. The summed E-state index contributed by atoms with van der Waals surface area (Å²) in [7, 11) is 1.55. The Labute approximate surface area is 185 Å². The summed E-state index contributed by atoms with van der Waals surface area (Å²) in [6.45, 7) is 1.06. The first-order valence-electron chi connectivity index (χ1n) is 10.1. The van der Waals surface area contributed by atoms with Gasteiger partial charge in [-0.25, -0.2) is 4.79 Å². The Balaban J connectivity index is 1.45. The van der Waals surface area contributed by atoms with E-state index >= 15 is 0 Å². The van der Waals surface area contributed by atoms with Gasteiger partial charge in [-0.15, -0.1) is 0 Å². The highest BCUT2D eigenvalue weighted by Gasteiger charge is 2.21. The van der Waals surface area contributed by atoms with Crippen LogP contribution in [0.2, 0.25) is 0 Å². The van der Waals surface area contributed by atoms with E-state index in [2.05, 4.69) is 21.7 Å². The molecule has 160 valence electrons. The van der Waals surface area contributed by atoms with E-state index in [4.69, 9.17) is 10.00 Å². The van der Waals surface area contributed by atoms with Crippen LogP contribution in [0.1, 0.15) is 27.2 Å². The van der Waals surface area contributed by atoms with Crippen LogP contribution in [0.25, 0.3) is 0 Å². The first kappa shape index (κ1) is 20.9. The van der Waals surface area contributed by atoms with Gasteiger partial charge in [0.25, 0.3) is 5.91 Å². The number of carbonyl (C=O) groups is 2. The molecule has 3 aromatic rings. The number of nitrogens with one attached hydrogen (secondary N) is 2. The first-order chi connectivity index (χ1) is 15.6. The van der Waals surface area contributed by atoms with Crippen molar-refractivity contribution in [3.8, 4) is 17.6 Å². The van der Waals surface area contributed by atoms with Crippen LogP contribution in [-0.4, -0.2) is 35.4 Å². The summed E-state index contributed by atoms with van der Waals surface area (Å²) in [4.78, 5) is 30.3.